The van der Waals surface area contributed by atoms with E-state index in [1.165, 1.54) is 17.4 Å². The van der Waals surface area contributed by atoms with Crippen LogP contribution >= 0.6 is 11.3 Å². The molecule has 1 fully saturated rings. The Labute approximate surface area is 187 Å². The smallest absolute Gasteiger partial charge is 0.368 e. The number of rotatable bonds is 4. The SMILES string of the molecule is O=C(Nc1ccccc1C(=O)N1CCN(c2cccc(C(F)(F)F)c2)CC1)c1cccs1. The van der Waals surface area contributed by atoms with Crippen molar-refractivity contribution in [1.82, 2.24) is 4.90 Å². The summed E-state index contributed by atoms with van der Waals surface area (Å²) in [5.74, 6) is -0.509. The summed E-state index contributed by atoms with van der Waals surface area (Å²) in [7, 11) is 0. The van der Waals surface area contributed by atoms with E-state index in [-0.39, 0.29) is 11.8 Å². The number of nitrogens with one attached hydrogen (secondary N) is 1. The molecule has 0 spiro atoms. The summed E-state index contributed by atoms with van der Waals surface area (Å²) in [5.41, 5.74) is 0.598. The van der Waals surface area contributed by atoms with Crippen molar-refractivity contribution in [3.05, 3.63) is 82.0 Å². The number of thiophene rings is 1. The van der Waals surface area contributed by atoms with Gasteiger partial charge in [-0.2, -0.15) is 13.2 Å². The summed E-state index contributed by atoms with van der Waals surface area (Å²) in [6, 6.07) is 15.5. The van der Waals surface area contributed by atoms with Gasteiger partial charge in [-0.1, -0.05) is 24.3 Å². The molecule has 0 atom stereocenters. The van der Waals surface area contributed by atoms with Crippen LogP contribution < -0.4 is 10.2 Å². The van der Waals surface area contributed by atoms with E-state index in [4.69, 9.17) is 0 Å². The second-order valence-corrected chi connectivity index (χ2v) is 8.25. The molecule has 4 rings (SSSR count). The van der Waals surface area contributed by atoms with E-state index in [0.29, 0.717) is 48.0 Å². The van der Waals surface area contributed by atoms with Crippen molar-refractivity contribution in [1.29, 1.82) is 0 Å². The normalized spacial score (nSPS) is 14.3. The summed E-state index contributed by atoms with van der Waals surface area (Å²) in [6.45, 7) is 1.55. The molecule has 0 radical (unpaired) electrons. The molecule has 1 saturated heterocycles. The lowest BCUT2D eigenvalue weighted by Crippen LogP contribution is -2.49. The van der Waals surface area contributed by atoms with E-state index < -0.39 is 11.7 Å². The number of piperazine rings is 1. The van der Waals surface area contributed by atoms with Crippen molar-refractivity contribution >= 4 is 34.5 Å². The fraction of sp³-hybridized carbons (Fsp3) is 0.217. The van der Waals surface area contributed by atoms with Gasteiger partial charge in [-0.3, -0.25) is 9.59 Å². The largest absolute Gasteiger partial charge is 0.416 e. The van der Waals surface area contributed by atoms with Gasteiger partial charge in [-0.25, -0.2) is 0 Å². The first-order chi connectivity index (χ1) is 15.3. The molecule has 1 aromatic heterocycles. The Kier molecular flexibility index (Phi) is 6.18. The zero-order valence-corrected chi connectivity index (χ0v) is 17.7. The topological polar surface area (TPSA) is 52.7 Å². The molecule has 0 aliphatic carbocycles. The summed E-state index contributed by atoms with van der Waals surface area (Å²) in [5, 5.41) is 4.60. The van der Waals surface area contributed by atoms with Gasteiger partial charge in [0.1, 0.15) is 0 Å². The van der Waals surface area contributed by atoms with Crippen molar-refractivity contribution < 1.29 is 22.8 Å². The number of carbonyl (C=O) groups excluding carboxylic acids is 2. The van der Waals surface area contributed by atoms with Crippen LogP contribution in [-0.2, 0) is 6.18 Å². The van der Waals surface area contributed by atoms with Gasteiger partial charge in [0.05, 0.1) is 21.7 Å². The highest BCUT2D eigenvalue weighted by Gasteiger charge is 2.31. The molecule has 1 aliphatic heterocycles. The number of amides is 2. The molecule has 5 nitrogen and oxygen atoms in total. The minimum Gasteiger partial charge on any atom is -0.368 e. The molecule has 0 unspecified atom stereocenters. The van der Waals surface area contributed by atoms with Crippen LogP contribution in [-0.4, -0.2) is 42.9 Å². The highest BCUT2D eigenvalue weighted by molar-refractivity contribution is 7.12. The third kappa shape index (κ3) is 4.77. The number of carbonyl (C=O) groups is 2. The highest BCUT2D eigenvalue weighted by atomic mass is 32.1. The van der Waals surface area contributed by atoms with Crippen LogP contribution in [0.3, 0.4) is 0 Å². The first kappa shape index (κ1) is 21.9. The van der Waals surface area contributed by atoms with Crippen molar-refractivity contribution in [2.24, 2.45) is 0 Å². The number of anilines is 2. The van der Waals surface area contributed by atoms with Gasteiger partial charge in [0, 0.05) is 31.9 Å². The maximum atomic E-state index is 13.1. The second-order valence-electron chi connectivity index (χ2n) is 7.30. The third-order valence-corrected chi connectivity index (χ3v) is 6.12. The molecule has 0 bridgehead atoms. The molecular weight excluding hydrogens is 439 g/mol. The number of halogens is 3. The zero-order valence-electron chi connectivity index (χ0n) is 16.9. The van der Waals surface area contributed by atoms with Gasteiger partial charge in [0.15, 0.2) is 0 Å². The summed E-state index contributed by atoms with van der Waals surface area (Å²) < 4.78 is 39.0. The van der Waals surface area contributed by atoms with Crippen LogP contribution in [0.25, 0.3) is 0 Å². The Morgan fingerprint density at radius 1 is 0.906 bits per heavy atom. The van der Waals surface area contributed by atoms with Gasteiger partial charge in [-0.05, 0) is 41.8 Å². The van der Waals surface area contributed by atoms with Crippen molar-refractivity contribution in [3.63, 3.8) is 0 Å². The number of hydrogen-bond donors (Lipinski definition) is 1. The predicted octanol–water partition coefficient (Wildman–Crippen LogP) is 4.98. The number of alkyl halides is 3. The second kappa shape index (κ2) is 9.04. The zero-order chi connectivity index (χ0) is 22.7. The van der Waals surface area contributed by atoms with Gasteiger partial charge < -0.3 is 15.1 Å². The van der Waals surface area contributed by atoms with E-state index in [2.05, 4.69) is 5.32 Å². The van der Waals surface area contributed by atoms with E-state index in [1.807, 2.05) is 4.90 Å². The maximum Gasteiger partial charge on any atom is 0.416 e. The van der Waals surface area contributed by atoms with Gasteiger partial charge in [-0.15, -0.1) is 11.3 Å². The number of para-hydroxylation sites is 1. The monoisotopic (exact) mass is 459 g/mol. The lowest BCUT2D eigenvalue weighted by Gasteiger charge is -2.36. The summed E-state index contributed by atoms with van der Waals surface area (Å²) in [6.07, 6.45) is -4.40. The number of nitrogens with zero attached hydrogens (tertiary/aromatic N) is 2. The first-order valence-corrected chi connectivity index (χ1v) is 10.9. The minimum absolute atomic E-state index is 0.226. The van der Waals surface area contributed by atoms with Crippen LogP contribution in [0.1, 0.15) is 25.6 Å². The maximum absolute atomic E-state index is 13.1. The molecule has 1 aliphatic rings. The van der Waals surface area contributed by atoms with E-state index in [1.54, 1.807) is 52.7 Å². The molecule has 1 N–H and O–H groups in total. The van der Waals surface area contributed by atoms with E-state index in [0.717, 1.165) is 12.1 Å². The Hall–Kier alpha value is -3.33. The molecule has 2 aromatic carbocycles. The van der Waals surface area contributed by atoms with E-state index in [9.17, 15) is 22.8 Å². The molecule has 9 heteroatoms. The quantitative estimate of drug-likeness (QED) is 0.599. The summed E-state index contributed by atoms with van der Waals surface area (Å²) >= 11 is 1.31. The van der Waals surface area contributed by atoms with Crippen LogP contribution in [0, 0.1) is 0 Å². The van der Waals surface area contributed by atoms with Crippen molar-refractivity contribution in [2.45, 2.75) is 6.18 Å². The molecular formula is C23H20F3N3O2S. The van der Waals surface area contributed by atoms with Crippen LogP contribution in [0.15, 0.2) is 66.0 Å². The molecule has 0 saturated carbocycles. The average molecular weight is 459 g/mol. The standard InChI is InChI=1S/C23H20F3N3O2S/c24-23(25,26)16-5-3-6-17(15-16)28-10-12-29(13-11-28)22(31)18-7-1-2-8-19(18)27-21(30)20-9-4-14-32-20/h1-9,14-15H,10-13H2,(H,27,30). The summed E-state index contributed by atoms with van der Waals surface area (Å²) in [4.78, 5) is 29.6. The molecule has 3 aromatic rings. The average Bonchev–Trinajstić information content (AvgIpc) is 3.34. The Balaban J connectivity index is 1.44. The van der Waals surface area contributed by atoms with Gasteiger partial charge in [0.25, 0.3) is 11.8 Å². The minimum atomic E-state index is -4.40. The lowest BCUT2D eigenvalue weighted by atomic mass is 10.1. The fourth-order valence-electron chi connectivity index (χ4n) is 3.59. The molecule has 166 valence electrons. The van der Waals surface area contributed by atoms with Crippen molar-refractivity contribution in [2.75, 3.05) is 36.4 Å². The van der Waals surface area contributed by atoms with Crippen LogP contribution in [0.4, 0.5) is 24.5 Å². The number of benzene rings is 2. The van der Waals surface area contributed by atoms with Crippen LogP contribution in [0.5, 0.6) is 0 Å². The lowest BCUT2D eigenvalue weighted by molar-refractivity contribution is -0.137. The third-order valence-electron chi connectivity index (χ3n) is 5.26. The fourth-order valence-corrected chi connectivity index (χ4v) is 4.21. The van der Waals surface area contributed by atoms with Crippen LogP contribution in [0.2, 0.25) is 0 Å². The Morgan fingerprint density at radius 3 is 2.34 bits per heavy atom. The molecule has 2 heterocycles. The predicted molar refractivity (Wildman–Crippen MR) is 118 cm³/mol. The Morgan fingerprint density at radius 2 is 1.66 bits per heavy atom. The highest BCUT2D eigenvalue weighted by Crippen LogP contribution is 2.32. The van der Waals surface area contributed by atoms with E-state index >= 15 is 0 Å². The molecule has 2 amide bonds. The van der Waals surface area contributed by atoms with Gasteiger partial charge in [0.2, 0.25) is 0 Å². The first-order valence-electron chi connectivity index (χ1n) is 9.98. The molecule has 32 heavy (non-hydrogen) atoms. The Bertz CT molecular complexity index is 1110. The van der Waals surface area contributed by atoms with Crippen molar-refractivity contribution in [3.8, 4) is 0 Å². The van der Waals surface area contributed by atoms with Gasteiger partial charge >= 0.3 is 6.18 Å². The number of hydrogen-bond acceptors (Lipinski definition) is 4.